The van der Waals surface area contributed by atoms with E-state index < -0.39 is 0 Å². The molecule has 0 saturated heterocycles. The molecule has 0 saturated carbocycles. The normalized spacial score (nSPS) is 12.0. The van der Waals surface area contributed by atoms with Crippen molar-refractivity contribution in [2.24, 2.45) is 0 Å². The van der Waals surface area contributed by atoms with Gasteiger partial charge in [-0.05, 0) is 35.0 Å². The zero-order valence-corrected chi connectivity index (χ0v) is 13.6. The molecule has 1 atom stereocenters. The fourth-order valence-electron chi connectivity index (χ4n) is 2.05. The number of benzene rings is 1. The second-order valence-electron chi connectivity index (χ2n) is 4.84. The van der Waals surface area contributed by atoms with Gasteiger partial charge in [-0.3, -0.25) is 4.79 Å². The van der Waals surface area contributed by atoms with Crippen molar-refractivity contribution in [3.05, 3.63) is 45.6 Å². The number of ether oxygens (including phenoxy) is 1. The van der Waals surface area contributed by atoms with Gasteiger partial charge in [0, 0.05) is 10.6 Å². The fourth-order valence-corrected chi connectivity index (χ4v) is 2.89. The molecule has 112 valence electrons. The molecule has 1 unspecified atom stereocenters. The van der Waals surface area contributed by atoms with Crippen molar-refractivity contribution >= 4 is 34.5 Å². The summed E-state index contributed by atoms with van der Waals surface area (Å²) in [6, 6.07) is 7.22. The quantitative estimate of drug-likeness (QED) is 0.854. The first-order chi connectivity index (χ1) is 10.1. The van der Waals surface area contributed by atoms with Gasteiger partial charge in [0.25, 0.3) is 5.91 Å². The van der Waals surface area contributed by atoms with Crippen molar-refractivity contribution in [3.8, 4) is 5.75 Å². The summed E-state index contributed by atoms with van der Waals surface area (Å²) in [5.74, 6) is 0.534. The topological polar surface area (TPSA) is 42.8 Å². The van der Waals surface area contributed by atoms with Crippen molar-refractivity contribution in [2.75, 3.05) is 26.0 Å². The van der Waals surface area contributed by atoms with Gasteiger partial charge in [0.05, 0.1) is 19.8 Å². The molecule has 1 aromatic carbocycles. The number of rotatable bonds is 6. The average molecular weight is 326 g/mol. The Morgan fingerprint density at radius 2 is 2.24 bits per heavy atom. The van der Waals surface area contributed by atoms with E-state index in [9.17, 15) is 4.79 Å². The van der Waals surface area contributed by atoms with E-state index in [4.69, 9.17) is 16.3 Å². The van der Waals surface area contributed by atoms with Crippen LogP contribution in [0.3, 0.4) is 0 Å². The Morgan fingerprint density at radius 1 is 1.43 bits per heavy atom. The first-order valence-electron chi connectivity index (χ1n) is 6.54. The molecule has 0 fully saturated rings. The standard InChI is InChI=1S/C15H17ClN2O2S/c1-18(8-11-5-6-21-10-11)9-15(19)17-13-7-12(16)3-4-14(13)20-2/h3-7,10H,8-9H2,1-2H3,(H,17,19)/p+1. The largest absolute Gasteiger partial charge is 0.495 e. The lowest BCUT2D eigenvalue weighted by molar-refractivity contribution is -0.885. The number of methoxy groups -OCH3 is 1. The third-order valence-electron chi connectivity index (χ3n) is 2.98. The molecular weight excluding hydrogens is 308 g/mol. The minimum absolute atomic E-state index is 0.0664. The number of thiophene rings is 1. The first kappa shape index (κ1) is 15.8. The number of quaternary nitrogens is 1. The zero-order chi connectivity index (χ0) is 15.2. The van der Waals surface area contributed by atoms with E-state index in [1.165, 1.54) is 5.56 Å². The number of anilines is 1. The minimum Gasteiger partial charge on any atom is -0.495 e. The second-order valence-corrected chi connectivity index (χ2v) is 6.05. The summed E-state index contributed by atoms with van der Waals surface area (Å²) in [7, 11) is 3.55. The van der Waals surface area contributed by atoms with E-state index in [0.29, 0.717) is 23.0 Å². The Morgan fingerprint density at radius 3 is 2.90 bits per heavy atom. The van der Waals surface area contributed by atoms with Gasteiger partial charge in [0.2, 0.25) is 0 Å². The van der Waals surface area contributed by atoms with Crippen molar-refractivity contribution in [1.82, 2.24) is 0 Å². The SMILES string of the molecule is COc1ccc(Cl)cc1NC(=O)C[NH+](C)Cc1ccsc1. The zero-order valence-electron chi connectivity index (χ0n) is 12.0. The van der Waals surface area contributed by atoms with Crippen LogP contribution >= 0.6 is 22.9 Å². The summed E-state index contributed by atoms with van der Waals surface area (Å²) in [4.78, 5) is 13.2. The molecule has 1 amide bonds. The second kappa shape index (κ2) is 7.45. The third-order valence-corrected chi connectivity index (χ3v) is 3.95. The number of amides is 1. The summed E-state index contributed by atoms with van der Waals surface area (Å²) >= 11 is 7.61. The predicted molar refractivity (Wildman–Crippen MR) is 86.4 cm³/mol. The number of nitrogens with one attached hydrogen (secondary N) is 2. The van der Waals surface area contributed by atoms with Gasteiger partial charge in [-0.15, -0.1) is 0 Å². The highest BCUT2D eigenvalue weighted by molar-refractivity contribution is 7.07. The van der Waals surface area contributed by atoms with Gasteiger partial charge >= 0.3 is 0 Å². The van der Waals surface area contributed by atoms with E-state index >= 15 is 0 Å². The van der Waals surface area contributed by atoms with E-state index in [-0.39, 0.29) is 5.91 Å². The van der Waals surface area contributed by atoms with Crippen LogP contribution in [0.25, 0.3) is 0 Å². The van der Waals surface area contributed by atoms with Crippen LogP contribution in [0.4, 0.5) is 5.69 Å². The molecule has 21 heavy (non-hydrogen) atoms. The van der Waals surface area contributed by atoms with Crippen LogP contribution in [-0.2, 0) is 11.3 Å². The van der Waals surface area contributed by atoms with Crippen molar-refractivity contribution in [1.29, 1.82) is 0 Å². The Labute approximate surface area is 133 Å². The van der Waals surface area contributed by atoms with Crippen LogP contribution in [0.15, 0.2) is 35.0 Å². The number of carbonyl (C=O) groups excluding carboxylic acids is 1. The molecule has 4 nitrogen and oxygen atoms in total. The molecule has 1 heterocycles. The van der Waals surface area contributed by atoms with Gasteiger partial charge in [0.1, 0.15) is 12.3 Å². The van der Waals surface area contributed by atoms with Crippen molar-refractivity contribution < 1.29 is 14.4 Å². The summed E-state index contributed by atoms with van der Waals surface area (Å²) in [5, 5.41) is 7.55. The van der Waals surface area contributed by atoms with E-state index in [2.05, 4.69) is 16.8 Å². The molecule has 0 aliphatic rings. The third kappa shape index (κ3) is 4.74. The monoisotopic (exact) mass is 325 g/mol. The maximum Gasteiger partial charge on any atom is 0.279 e. The Balaban J connectivity index is 1.93. The van der Waals surface area contributed by atoms with Crippen molar-refractivity contribution in [3.63, 3.8) is 0 Å². The number of carbonyl (C=O) groups is 1. The number of hydrogen-bond acceptors (Lipinski definition) is 3. The highest BCUT2D eigenvalue weighted by atomic mass is 35.5. The fraction of sp³-hybridized carbons (Fsp3) is 0.267. The van der Waals surface area contributed by atoms with Crippen LogP contribution in [0.5, 0.6) is 5.75 Å². The molecule has 2 aromatic rings. The molecule has 0 bridgehead atoms. The molecule has 6 heteroatoms. The Hall–Kier alpha value is -1.56. The number of hydrogen-bond donors (Lipinski definition) is 2. The lowest BCUT2D eigenvalue weighted by Gasteiger charge is -2.14. The van der Waals surface area contributed by atoms with Crippen molar-refractivity contribution in [2.45, 2.75) is 6.54 Å². The maximum atomic E-state index is 12.1. The number of halogens is 1. The van der Waals surface area contributed by atoms with Gasteiger partial charge in [-0.25, -0.2) is 0 Å². The molecule has 0 radical (unpaired) electrons. The van der Waals surface area contributed by atoms with Gasteiger partial charge in [-0.1, -0.05) is 11.6 Å². The van der Waals surface area contributed by atoms with E-state index in [0.717, 1.165) is 11.4 Å². The summed E-state index contributed by atoms with van der Waals surface area (Å²) in [5.41, 5.74) is 1.84. The highest BCUT2D eigenvalue weighted by Gasteiger charge is 2.13. The maximum absolute atomic E-state index is 12.1. The summed E-state index contributed by atoms with van der Waals surface area (Å²) in [6.07, 6.45) is 0. The van der Waals surface area contributed by atoms with Crippen LogP contribution in [-0.4, -0.2) is 26.6 Å². The van der Waals surface area contributed by atoms with Gasteiger partial charge < -0.3 is 15.0 Å². The van der Waals surface area contributed by atoms with Crippen LogP contribution in [0, 0.1) is 0 Å². The molecular formula is C15H18ClN2O2S+. The lowest BCUT2D eigenvalue weighted by Crippen LogP contribution is -3.08. The predicted octanol–water partition coefficient (Wildman–Crippen LogP) is 2.06. The minimum atomic E-state index is -0.0664. The van der Waals surface area contributed by atoms with Crippen LogP contribution < -0.4 is 15.0 Å². The van der Waals surface area contributed by atoms with Crippen LogP contribution in [0.2, 0.25) is 5.02 Å². The molecule has 0 aliphatic carbocycles. The molecule has 1 aromatic heterocycles. The van der Waals surface area contributed by atoms with Gasteiger partial charge in [0.15, 0.2) is 6.54 Å². The Bertz CT molecular complexity index is 602. The van der Waals surface area contributed by atoms with Crippen LogP contribution in [0.1, 0.15) is 5.56 Å². The Kier molecular flexibility index (Phi) is 5.61. The summed E-state index contributed by atoms with van der Waals surface area (Å²) in [6.45, 7) is 1.20. The van der Waals surface area contributed by atoms with Gasteiger partial charge in [-0.2, -0.15) is 11.3 Å². The first-order valence-corrected chi connectivity index (χ1v) is 7.86. The molecule has 0 spiro atoms. The smallest absolute Gasteiger partial charge is 0.279 e. The summed E-state index contributed by atoms with van der Waals surface area (Å²) < 4.78 is 5.21. The molecule has 2 rings (SSSR count). The molecule has 2 N–H and O–H groups in total. The van der Waals surface area contributed by atoms with E-state index in [1.54, 1.807) is 36.6 Å². The number of likely N-dealkylation sites (N-methyl/N-ethyl adjacent to an activating group) is 1. The lowest BCUT2D eigenvalue weighted by atomic mass is 10.3. The average Bonchev–Trinajstić information content (AvgIpc) is 2.91. The highest BCUT2D eigenvalue weighted by Crippen LogP contribution is 2.27. The molecule has 0 aliphatic heterocycles. The van der Waals surface area contributed by atoms with E-state index in [1.807, 2.05) is 12.4 Å².